The fourth-order valence-corrected chi connectivity index (χ4v) is 3.81. The van der Waals surface area contributed by atoms with Gasteiger partial charge in [-0.05, 0) is 23.8 Å². The molecule has 1 aromatic rings. The van der Waals surface area contributed by atoms with Gasteiger partial charge in [0.25, 0.3) is 0 Å². The lowest BCUT2D eigenvalue weighted by Gasteiger charge is -2.37. The SMILES string of the molecule is CCC(C)(CC(C)(C)SCC(O)CO)c1ccccc1. The summed E-state index contributed by atoms with van der Waals surface area (Å²) in [6.07, 6.45) is 1.51. The van der Waals surface area contributed by atoms with Crippen LogP contribution in [0, 0.1) is 0 Å². The quantitative estimate of drug-likeness (QED) is 0.770. The molecule has 2 nitrogen and oxygen atoms in total. The number of hydrogen-bond donors (Lipinski definition) is 2. The van der Waals surface area contributed by atoms with Crippen molar-refractivity contribution in [1.82, 2.24) is 0 Å². The number of rotatable bonds is 8. The van der Waals surface area contributed by atoms with Crippen LogP contribution < -0.4 is 0 Å². The largest absolute Gasteiger partial charge is 0.394 e. The number of hydrogen-bond acceptors (Lipinski definition) is 3. The molecule has 0 saturated carbocycles. The maximum Gasteiger partial charge on any atom is 0.0861 e. The molecular formula is C17H28O2S. The average Bonchev–Trinajstić information content (AvgIpc) is 2.45. The molecule has 0 fully saturated rings. The first-order valence-electron chi connectivity index (χ1n) is 7.31. The van der Waals surface area contributed by atoms with Gasteiger partial charge in [-0.15, -0.1) is 0 Å². The zero-order chi connectivity index (χ0) is 15.2. The van der Waals surface area contributed by atoms with Crippen molar-refractivity contribution in [3.05, 3.63) is 35.9 Å². The van der Waals surface area contributed by atoms with Crippen molar-refractivity contribution in [1.29, 1.82) is 0 Å². The van der Waals surface area contributed by atoms with E-state index < -0.39 is 6.10 Å². The van der Waals surface area contributed by atoms with Crippen LogP contribution in [0.1, 0.15) is 46.1 Å². The van der Waals surface area contributed by atoms with E-state index in [1.165, 1.54) is 5.56 Å². The van der Waals surface area contributed by atoms with Gasteiger partial charge < -0.3 is 10.2 Å². The first-order valence-corrected chi connectivity index (χ1v) is 8.30. The van der Waals surface area contributed by atoms with Gasteiger partial charge in [0, 0.05) is 10.5 Å². The molecule has 0 aromatic heterocycles. The van der Waals surface area contributed by atoms with Crippen LogP contribution in [0.3, 0.4) is 0 Å². The highest BCUT2D eigenvalue weighted by Gasteiger charge is 2.33. The van der Waals surface area contributed by atoms with E-state index in [0.717, 1.165) is 12.8 Å². The molecule has 0 saturated heterocycles. The lowest BCUT2D eigenvalue weighted by atomic mass is 9.74. The number of aliphatic hydroxyl groups excluding tert-OH is 2. The predicted molar refractivity (Wildman–Crippen MR) is 88.3 cm³/mol. The van der Waals surface area contributed by atoms with Crippen LogP contribution in [-0.4, -0.2) is 33.4 Å². The third-order valence-corrected chi connectivity index (χ3v) is 5.42. The fraction of sp³-hybridized carbons (Fsp3) is 0.647. The van der Waals surface area contributed by atoms with Crippen molar-refractivity contribution in [2.45, 2.75) is 56.8 Å². The van der Waals surface area contributed by atoms with Gasteiger partial charge in [-0.3, -0.25) is 0 Å². The van der Waals surface area contributed by atoms with Gasteiger partial charge in [-0.1, -0.05) is 58.0 Å². The van der Waals surface area contributed by atoms with Crippen LogP contribution in [0.15, 0.2) is 30.3 Å². The van der Waals surface area contributed by atoms with Gasteiger partial charge in [0.05, 0.1) is 12.7 Å². The fourth-order valence-electron chi connectivity index (χ4n) is 2.64. The summed E-state index contributed by atoms with van der Waals surface area (Å²) in [5.74, 6) is 0.581. The Balaban J connectivity index is 2.76. The van der Waals surface area contributed by atoms with Crippen LogP contribution in [0.2, 0.25) is 0 Å². The van der Waals surface area contributed by atoms with Gasteiger partial charge in [-0.25, -0.2) is 0 Å². The molecule has 0 spiro atoms. The molecule has 1 rings (SSSR count). The second kappa shape index (κ2) is 7.48. The van der Waals surface area contributed by atoms with E-state index in [1.54, 1.807) is 11.8 Å². The normalized spacial score (nSPS) is 16.7. The Morgan fingerprint density at radius 1 is 1.15 bits per heavy atom. The Morgan fingerprint density at radius 3 is 2.25 bits per heavy atom. The van der Waals surface area contributed by atoms with E-state index >= 15 is 0 Å². The average molecular weight is 296 g/mol. The Labute approximate surface area is 127 Å². The molecular weight excluding hydrogens is 268 g/mol. The molecule has 0 amide bonds. The van der Waals surface area contributed by atoms with E-state index in [2.05, 4.69) is 58.0 Å². The van der Waals surface area contributed by atoms with Gasteiger partial charge >= 0.3 is 0 Å². The van der Waals surface area contributed by atoms with E-state index in [1.807, 2.05) is 0 Å². The van der Waals surface area contributed by atoms with Crippen LogP contribution in [-0.2, 0) is 5.41 Å². The first kappa shape index (κ1) is 17.5. The standard InChI is InChI=1S/C17H28O2S/c1-5-17(4,14-9-7-6-8-10-14)13-16(2,3)20-12-15(19)11-18/h6-10,15,18-19H,5,11-13H2,1-4H3. The van der Waals surface area contributed by atoms with Crippen molar-refractivity contribution in [2.24, 2.45) is 0 Å². The summed E-state index contributed by atoms with van der Waals surface area (Å²) in [6, 6.07) is 10.6. The highest BCUT2D eigenvalue weighted by molar-refractivity contribution is 8.00. The second-order valence-electron chi connectivity index (χ2n) is 6.36. The lowest BCUT2D eigenvalue weighted by molar-refractivity contribution is 0.113. The van der Waals surface area contributed by atoms with Gasteiger partial charge in [-0.2, -0.15) is 11.8 Å². The Hall–Kier alpha value is -0.510. The smallest absolute Gasteiger partial charge is 0.0861 e. The molecule has 20 heavy (non-hydrogen) atoms. The second-order valence-corrected chi connectivity index (χ2v) is 8.09. The Bertz CT molecular complexity index is 391. The minimum absolute atomic E-state index is 0.0662. The molecule has 0 heterocycles. The molecule has 2 unspecified atom stereocenters. The molecule has 1 aromatic carbocycles. The van der Waals surface area contributed by atoms with E-state index in [-0.39, 0.29) is 16.8 Å². The molecule has 0 aliphatic rings. The molecule has 0 radical (unpaired) electrons. The summed E-state index contributed by atoms with van der Waals surface area (Å²) >= 11 is 1.74. The molecule has 0 aliphatic heterocycles. The van der Waals surface area contributed by atoms with Gasteiger partial charge in [0.2, 0.25) is 0 Å². The number of thioether (sulfide) groups is 1. The van der Waals surface area contributed by atoms with Crippen LogP contribution >= 0.6 is 11.8 Å². The highest BCUT2D eigenvalue weighted by Crippen LogP contribution is 2.41. The Morgan fingerprint density at radius 2 is 1.75 bits per heavy atom. The van der Waals surface area contributed by atoms with Crippen LogP contribution in [0.4, 0.5) is 0 Å². The molecule has 3 heteroatoms. The number of aliphatic hydroxyl groups is 2. The Kier molecular flexibility index (Phi) is 6.56. The highest BCUT2D eigenvalue weighted by atomic mass is 32.2. The van der Waals surface area contributed by atoms with E-state index in [4.69, 9.17) is 5.11 Å². The van der Waals surface area contributed by atoms with E-state index in [9.17, 15) is 5.11 Å². The van der Waals surface area contributed by atoms with Crippen molar-refractivity contribution in [3.63, 3.8) is 0 Å². The lowest BCUT2D eigenvalue weighted by Crippen LogP contribution is -2.32. The van der Waals surface area contributed by atoms with E-state index in [0.29, 0.717) is 5.75 Å². The molecule has 2 atom stereocenters. The van der Waals surface area contributed by atoms with Gasteiger partial charge in [0.15, 0.2) is 0 Å². The first-order chi connectivity index (χ1) is 9.33. The van der Waals surface area contributed by atoms with Crippen molar-refractivity contribution >= 4 is 11.8 Å². The molecule has 0 aliphatic carbocycles. The summed E-state index contributed by atoms with van der Waals surface area (Å²) < 4.78 is 0.0662. The summed E-state index contributed by atoms with van der Waals surface area (Å²) in [6.45, 7) is 8.83. The maximum absolute atomic E-state index is 9.52. The third kappa shape index (κ3) is 5.12. The van der Waals surface area contributed by atoms with Gasteiger partial charge in [0.1, 0.15) is 0 Å². The monoisotopic (exact) mass is 296 g/mol. The van der Waals surface area contributed by atoms with Crippen LogP contribution in [0.25, 0.3) is 0 Å². The zero-order valence-corrected chi connectivity index (χ0v) is 13.9. The zero-order valence-electron chi connectivity index (χ0n) is 13.1. The predicted octanol–water partition coefficient (Wildman–Crippen LogP) is 3.61. The summed E-state index contributed by atoms with van der Waals surface area (Å²) in [5.41, 5.74) is 1.51. The topological polar surface area (TPSA) is 40.5 Å². The number of benzene rings is 1. The summed E-state index contributed by atoms with van der Waals surface area (Å²) in [4.78, 5) is 0. The summed E-state index contributed by atoms with van der Waals surface area (Å²) in [7, 11) is 0. The maximum atomic E-state index is 9.52. The molecule has 114 valence electrons. The third-order valence-electron chi connectivity index (χ3n) is 3.94. The van der Waals surface area contributed by atoms with Crippen molar-refractivity contribution in [3.8, 4) is 0 Å². The minimum atomic E-state index is -0.621. The van der Waals surface area contributed by atoms with Crippen LogP contribution in [0.5, 0.6) is 0 Å². The van der Waals surface area contributed by atoms with Crippen molar-refractivity contribution in [2.75, 3.05) is 12.4 Å². The molecule has 2 N–H and O–H groups in total. The van der Waals surface area contributed by atoms with Crippen molar-refractivity contribution < 1.29 is 10.2 Å². The summed E-state index contributed by atoms with van der Waals surface area (Å²) in [5, 5.41) is 18.4. The minimum Gasteiger partial charge on any atom is -0.394 e. The molecule has 0 bridgehead atoms.